The number of carboxylic acids is 1. The van der Waals surface area contributed by atoms with Gasteiger partial charge in [0.05, 0.1) is 5.56 Å². The lowest BCUT2D eigenvalue weighted by Crippen LogP contribution is -2.29. The molecule has 1 heterocycles. The van der Waals surface area contributed by atoms with E-state index in [1.165, 1.54) is 25.9 Å². The van der Waals surface area contributed by atoms with Crippen molar-refractivity contribution < 1.29 is 9.90 Å². The summed E-state index contributed by atoms with van der Waals surface area (Å²) in [6.45, 7) is 6.50. The topological polar surface area (TPSA) is 52.6 Å². The molecule has 1 aliphatic heterocycles. The van der Waals surface area contributed by atoms with Crippen LogP contribution in [-0.4, -0.2) is 42.2 Å². The van der Waals surface area contributed by atoms with Crippen LogP contribution in [0.3, 0.4) is 0 Å². The van der Waals surface area contributed by atoms with E-state index < -0.39 is 5.97 Å². The van der Waals surface area contributed by atoms with Gasteiger partial charge in [-0.25, -0.2) is 4.79 Å². The molecule has 2 rings (SSSR count). The largest absolute Gasteiger partial charge is 0.478 e. The molecule has 1 unspecified atom stereocenters. The number of rotatable bonds is 6. The van der Waals surface area contributed by atoms with Crippen LogP contribution in [0, 0.1) is 5.92 Å². The van der Waals surface area contributed by atoms with Crippen molar-refractivity contribution in [2.45, 2.75) is 19.8 Å². The van der Waals surface area contributed by atoms with Gasteiger partial charge in [-0.15, -0.1) is 0 Å². The van der Waals surface area contributed by atoms with Crippen molar-refractivity contribution in [3.05, 3.63) is 29.8 Å². The minimum Gasteiger partial charge on any atom is -0.478 e. The van der Waals surface area contributed by atoms with Gasteiger partial charge < -0.3 is 15.3 Å². The Kier molecular flexibility index (Phi) is 4.80. The van der Waals surface area contributed by atoms with Crippen molar-refractivity contribution in [1.29, 1.82) is 0 Å². The molecule has 1 aromatic carbocycles. The Balaban J connectivity index is 1.85. The first-order valence-electron chi connectivity index (χ1n) is 6.95. The Morgan fingerprint density at radius 1 is 1.37 bits per heavy atom. The lowest BCUT2D eigenvalue weighted by atomic mass is 10.1. The van der Waals surface area contributed by atoms with Crippen molar-refractivity contribution >= 4 is 11.7 Å². The van der Waals surface area contributed by atoms with Crippen LogP contribution in [0.1, 0.15) is 30.1 Å². The van der Waals surface area contributed by atoms with Gasteiger partial charge >= 0.3 is 5.97 Å². The highest BCUT2D eigenvalue weighted by atomic mass is 16.4. The molecule has 4 nitrogen and oxygen atoms in total. The number of likely N-dealkylation sites (tertiary alicyclic amines) is 1. The molecule has 0 aliphatic carbocycles. The van der Waals surface area contributed by atoms with Crippen LogP contribution in [0.25, 0.3) is 0 Å². The fraction of sp³-hybridized carbons (Fsp3) is 0.533. The van der Waals surface area contributed by atoms with E-state index >= 15 is 0 Å². The number of nitrogens with one attached hydrogen (secondary N) is 1. The van der Waals surface area contributed by atoms with Crippen molar-refractivity contribution in [3.63, 3.8) is 0 Å². The molecule has 0 aromatic heterocycles. The van der Waals surface area contributed by atoms with Crippen LogP contribution in [0.5, 0.6) is 0 Å². The zero-order valence-corrected chi connectivity index (χ0v) is 11.4. The summed E-state index contributed by atoms with van der Waals surface area (Å²) < 4.78 is 0. The number of para-hydroxylation sites is 1. The minimum atomic E-state index is -0.879. The van der Waals surface area contributed by atoms with E-state index in [9.17, 15) is 4.79 Å². The normalized spacial score (nSPS) is 17.3. The van der Waals surface area contributed by atoms with Crippen molar-refractivity contribution in [3.8, 4) is 0 Å². The quantitative estimate of drug-likeness (QED) is 0.827. The Bertz CT molecular complexity index is 428. The fourth-order valence-electron chi connectivity index (χ4n) is 2.58. The average Bonchev–Trinajstić information content (AvgIpc) is 2.89. The highest BCUT2D eigenvalue weighted by Crippen LogP contribution is 2.16. The second kappa shape index (κ2) is 6.57. The molecule has 104 valence electrons. The van der Waals surface area contributed by atoms with E-state index in [1.54, 1.807) is 12.1 Å². The average molecular weight is 262 g/mol. The van der Waals surface area contributed by atoms with Crippen LogP contribution >= 0.6 is 0 Å². The second-order valence-electron chi connectivity index (χ2n) is 5.34. The molecule has 19 heavy (non-hydrogen) atoms. The molecule has 1 fully saturated rings. The zero-order chi connectivity index (χ0) is 13.7. The van der Waals surface area contributed by atoms with E-state index in [1.807, 2.05) is 12.1 Å². The predicted molar refractivity (Wildman–Crippen MR) is 76.7 cm³/mol. The van der Waals surface area contributed by atoms with Gasteiger partial charge in [-0.2, -0.15) is 0 Å². The van der Waals surface area contributed by atoms with Gasteiger partial charge in [0.25, 0.3) is 0 Å². The molecule has 1 saturated heterocycles. The Morgan fingerprint density at radius 3 is 2.74 bits per heavy atom. The third kappa shape index (κ3) is 3.96. The summed E-state index contributed by atoms with van der Waals surface area (Å²) in [4.78, 5) is 13.6. The van der Waals surface area contributed by atoms with Crippen molar-refractivity contribution in [2.75, 3.05) is 31.5 Å². The van der Waals surface area contributed by atoms with Crippen molar-refractivity contribution in [2.24, 2.45) is 5.92 Å². The molecular formula is C15H22N2O2. The molecule has 0 spiro atoms. The number of hydrogen-bond donors (Lipinski definition) is 2. The monoisotopic (exact) mass is 262 g/mol. The molecule has 1 aliphatic rings. The molecule has 0 radical (unpaired) electrons. The van der Waals surface area contributed by atoms with Crippen molar-refractivity contribution in [1.82, 2.24) is 4.90 Å². The number of benzene rings is 1. The molecule has 0 bridgehead atoms. The number of aromatic carboxylic acids is 1. The summed E-state index contributed by atoms with van der Waals surface area (Å²) in [7, 11) is 0. The highest BCUT2D eigenvalue weighted by molar-refractivity contribution is 5.94. The third-order valence-electron chi connectivity index (χ3n) is 3.57. The van der Waals surface area contributed by atoms with Gasteiger partial charge in [0, 0.05) is 18.8 Å². The number of carboxylic acid groups (broad SMARTS) is 1. The zero-order valence-electron chi connectivity index (χ0n) is 11.4. The maximum Gasteiger partial charge on any atom is 0.337 e. The first-order chi connectivity index (χ1) is 9.16. The summed E-state index contributed by atoms with van der Waals surface area (Å²) in [6, 6.07) is 7.07. The first-order valence-corrected chi connectivity index (χ1v) is 6.95. The van der Waals surface area contributed by atoms with Gasteiger partial charge in [0.2, 0.25) is 0 Å². The van der Waals surface area contributed by atoms with Gasteiger partial charge in [-0.3, -0.25) is 0 Å². The maximum atomic E-state index is 11.1. The number of carbonyl (C=O) groups is 1. The summed E-state index contributed by atoms with van der Waals surface area (Å²) in [5.74, 6) is -0.366. The Labute approximate surface area is 114 Å². The standard InChI is InChI=1S/C15H22N2O2/c1-12(11-17-8-4-5-9-17)10-16-14-7-3-2-6-13(14)15(18)19/h2-3,6-7,12,16H,4-5,8-11H2,1H3,(H,18,19). The second-order valence-corrected chi connectivity index (χ2v) is 5.34. The van der Waals surface area contributed by atoms with Crippen LogP contribution in [-0.2, 0) is 0 Å². The number of nitrogens with zero attached hydrogens (tertiary/aromatic N) is 1. The highest BCUT2D eigenvalue weighted by Gasteiger charge is 2.15. The summed E-state index contributed by atoms with van der Waals surface area (Å²) >= 11 is 0. The van der Waals surface area contributed by atoms with Gasteiger partial charge in [-0.1, -0.05) is 19.1 Å². The molecule has 1 atom stereocenters. The number of anilines is 1. The van der Waals surface area contributed by atoms with E-state index in [-0.39, 0.29) is 0 Å². The predicted octanol–water partition coefficient (Wildman–Crippen LogP) is 2.53. The van der Waals surface area contributed by atoms with Gasteiger partial charge in [0.15, 0.2) is 0 Å². The van der Waals surface area contributed by atoms with Crippen LogP contribution in [0.15, 0.2) is 24.3 Å². The van der Waals surface area contributed by atoms with Crippen LogP contribution < -0.4 is 5.32 Å². The molecule has 0 amide bonds. The van der Waals surface area contributed by atoms with Gasteiger partial charge in [-0.05, 0) is 44.0 Å². The third-order valence-corrected chi connectivity index (χ3v) is 3.57. The molecular weight excluding hydrogens is 240 g/mol. The Hall–Kier alpha value is -1.55. The Morgan fingerprint density at radius 2 is 2.05 bits per heavy atom. The maximum absolute atomic E-state index is 11.1. The fourth-order valence-corrected chi connectivity index (χ4v) is 2.58. The number of hydrogen-bond acceptors (Lipinski definition) is 3. The first kappa shape index (κ1) is 13.9. The lowest BCUT2D eigenvalue weighted by molar-refractivity contribution is 0.0698. The van der Waals surface area contributed by atoms with E-state index in [4.69, 9.17) is 5.11 Å². The van der Waals surface area contributed by atoms with E-state index in [2.05, 4.69) is 17.1 Å². The SMILES string of the molecule is CC(CNc1ccccc1C(=O)O)CN1CCCC1. The molecule has 0 saturated carbocycles. The van der Waals surface area contributed by atoms with E-state index in [0.717, 1.165) is 13.1 Å². The molecule has 4 heteroatoms. The van der Waals surface area contributed by atoms with Gasteiger partial charge in [0.1, 0.15) is 0 Å². The molecule has 2 N–H and O–H groups in total. The summed E-state index contributed by atoms with van der Waals surface area (Å²) in [5, 5.41) is 12.4. The minimum absolute atomic E-state index is 0.343. The smallest absolute Gasteiger partial charge is 0.337 e. The van der Waals surface area contributed by atoms with Crippen LogP contribution in [0.2, 0.25) is 0 Å². The van der Waals surface area contributed by atoms with Crippen LogP contribution in [0.4, 0.5) is 5.69 Å². The summed E-state index contributed by atoms with van der Waals surface area (Å²) in [5.41, 5.74) is 1.05. The summed E-state index contributed by atoms with van der Waals surface area (Å²) in [6.07, 6.45) is 2.62. The molecule has 1 aromatic rings. The lowest BCUT2D eigenvalue weighted by Gasteiger charge is -2.21. The van der Waals surface area contributed by atoms with E-state index in [0.29, 0.717) is 17.2 Å².